The third-order valence-corrected chi connectivity index (χ3v) is 6.19. The second-order valence-electron chi connectivity index (χ2n) is 7.70. The molecular weight excluding hydrogens is 376 g/mol. The lowest BCUT2D eigenvalue weighted by Crippen LogP contribution is -2.07. The van der Waals surface area contributed by atoms with E-state index in [0.29, 0.717) is 0 Å². The van der Waals surface area contributed by atoms with Gasteiger partial charge in [-0.25, -0.2) is 0 Å². The van der Waals surface area contributed by atoms with Gasteiger partial charge in [0.1, 0.15) is 23.0 Å². The molecule has 0 spiro atoms. The van der Waals surface area contributed by atoms with E-state index in [1.165, 1.54) is 0 Å². The smallest absolute Gasteiger partial charge is 0.127 e. The number of aromatic hydroxyl groups is 2. The lowest BCUT2D eigenvalue weighted by Gasteiger charge is -2.25. The van der Waals surface area contributed by atoms with Gasteiger partial charge in [-0.15, -0.1) is 0 Å². The van der Waals surface area contributed by atoms with Gasteiger partial charge in [-0.05, 0) is 24.0 Å². The summed E-state index contributed by atoms with van der Waals surface area (Å²) in [5.41, 5.74) is 1.56. The molecule has 4 aromatic carbocycles. The molecule has 4 nitrogen and oxygen atoms in total. The SMILES string of the molecule is COc1cc(C(C)C(C)c2cc(OC)c3ccccc3c2O)c(O)c2ccccc12. The van der Waals surface area contributed by atoms with Crippen LogP contribution in [0.3, 0.4) is 0 Å². The van der Waals surface area contributed by atoms with Gasteiger partial charge in [0.05, 0.1) is 14.2 Å². The van der Waals surface area contributed by atoms with Crippen LogP contribution in [0.2, 0.25) is 0 Å². The molecule has 4 rings (SSSR count). The molecule has 0 saturated heterocycles. The first-order valence-electron chi connectivity index (χ1n) is 10.0. The Bertz CT molecular complexity index is 1130. The van der Waals surface area contributed by atoms with Crippen molar-refractivity contribution in [1.29, 1.82) is 0 Å². The fourth-order valence-corrected chi connectivity index (χ4v) is 4.27. The second kappa shape index (κ2) is 7.79. The van der Waals surface area contributed by atoms with Crippen molar-refractivity contribution in [3.05, 3.63) is 71.8 Å². The summed E-state index contributed by atoms with van der Waals surface area (Å²) in [6.45, 7) is 4.10. The van der Waals surface area contributed by atoms with Gasteiger partial charge in [0, 0.05) is 32.7 Å². The van der Waals surface area contributed by atoms with E-state index in [0.717, 1.165) is 44.2 Å². The van der Waals surface area contributed by atoms with Crippen LogP contribution in [0.5, 0.6) is 23.0 Å². The van der Waals surface area contributed by atoms with Gasteiger partial charge < -0.3 is 19.7 Å². The van der Waals surface area contributed by atoms with E-state index in [2.05, 4.69) is 13.8 Å². The van der Waals surface area contributed by atoms with E-state index in [1.807, 2.05) is 60.7 Å². The van der Waals surface area contributed by atoms with Gasteiger partial charge in [-0.3, -0.25) is 0 Å². The minimum Gasteiger partial charge on any atom is -0.507 e. The Hall–Kier alpha value is -3.40. The van der Waals surface area contributed by atoms with Crippen molar-refractivity contribution in [2.75, 3.05) is 14.2 Å². The van der Waals surface area contributed by atoms with E-state index in [9.17, 15) is 10.2 Å². The Morgan fingerprint density at radius 1 is 0.600 bits per heavy atom. The molecule has 2 unspecified atom stereocenters. The summed E-state index contributed by atoms with van der Waals surface area (Å²) in [6.07, 6.45) is 0. The molecule has 0 bridgehead atoms. The summed E-state index contributed by atoms with van der Waals surface area (Å²) in [4.78, 5) is 0. The molecule has 0 heterocycles. The maximum absolute atomic E-state index is 11.0. The highest BCUT2D eigenvalue weighted by Gasteiger charge is 2.26. The second-order valence-corrected chi connectivity index (χ2v) is 7.70. The molecule has 154 valence electrons. The monoisotopic (exact) mass is 402 g/mol. The number of benzene rings is 4. The molecule has 0 aliphatic carbocycles. The normalized spacial score (nSPS) is 13.3. The average Bonchev–Trinajstić information content (AvgIpc) is 2.79. The number of phenols is 2. The molecule has 2 atom stereocenters. The van der Waals surface area contributed by atoms with E-state index >= 15 is 0 Å². The van der Waals surface area contributed by atoms with Crippen molar-refractivity contribution in [3.63, 3.8) is 0 Å². The number of rotatable bonds is 5. The predicted octanol–water partition coefficient (Wildman–Crippen LogP) is 6.33. The van der Waals surface area contributed by atoms with Crippen LogP contribution >= 0.6 is 0 Å². The summed E-state index contributed by atoms with van der Waals surface area (Å²) in [5.74, 6) is 1.77. The van der Waals surface area contributed by atoms with Crippen molar-refractivity contribution >= 4 is 21.5 Å². The first-order valence-corrected chi connectivity index (χ1v) is 10.0. The summed E-state index contributed by atoms with van der Waals surface area (Å²) in [5, 5.41) is 25.3. The molecule has 0 saturated carbocycles. The highest BCUT2D eigenvalue weighted by molar-refractivity contribution is 5.95. The van der Waals surface area contributed by atoms with Crippen molar-refractivity contribution in [1.82, 2.24) is 0 Å². The molecule has 2 N–H and O–H groups in total. The maximum atomic E-state index is 11.0. The molecule has 4 aromatic rings. The Balaban J connectivity index is 1.86. The van der Waals surface area contributed by atoms with E-state index in [-0.39, 0.29) is 23.3 Å². The van der Waals surface area contributed by atoms with Crippen LogP contribution in [0.1, 0.15) is 36.8 Å². The lowest BCUT2D eigenvalue weighted by molar-refractivity contribution is 0.411. The largest absolute Gasteiger partial charge is 0.507 e. The molecule has 0 aliphatic heterocycles. The molecule has 0 amide bonds. The van der Waals surface area contributed by atoms with Crippen LogP contribution in [0.4, 0.5) is 0 Å². The van der Waals surface area contributed by atoms with Gasteiger partial charge in [-0.1, -0.05) is 62.4 Å². The lowest BCUT2D eigenvalue weighted by atomic mass is 9.81. The van der Waals surface area contributed by atoms with Crippen LogP contribution < -0.4 is 9.47 Å². The van der Waals surface area contributed by atoms with Gasteiger partial charge in [0.25, 0.3) is 0 Å². The van der Waals surface area contributed by atoms with Crippen molar-refractivity contribution in [3.8, 4) is 23.0 Å². The van der Waals surface area contributed by atoms with Crippen LogP contribution in [0, 0.1) is 0 Å². The number of hydrogen-bond acceptors (Lipinski definition) is 4. The van der Waals surface area contributed by atoms with Gasteiger partial charge >= 0.3 is 0 Å². The first-order chi connectivity index (χ1) is 14.5. The van der Waals surface area contributed by atoms with Crippen LogP contribution in [0.25, 0.3) is 21.5 Å². The quantitative estimate of drug-likeness (QED) is 0.410. The highest BCUT2D eigenvalue weighted by atomic mass is 16.5. The number of ether oxygens (including phenoxy) is 2. The molecule has 4 heteroatoms. The van der Waals surface area contributed by atoms with Crippen molar-refractivity contribution < 1.29 is 19.7 Å². The topological polar surface area (TPSA) is 58.9 Å². The number of phenolic OH excluding ortho intramolecular Hbond substituents is 2. The van der Waals surface area contributed by atoms with Crippen molar-refractivity contribution in [2.24, 2.45) is 0 Å². The Kier molecular flexibility index (Phi) is 5.17. The van der Waals surface area contributed by atoms with Gasteiger partial charge in [0.15, 0.2) is 0 Å². The maximum Gasteiger partial charge on any atom is 0.127 e. The Morgan fingerprint density at radius 2 is 0.933 bits per heavy atom. The van der Waals surface area contributed by atoms with E-state index in [4.69, 9.17) is 9.47 Å². The third-order valence-electron chi connectivity index (χ3n) is 6.19. The zero-order chi connectivity index (χ0) is 21.4. The zero-order valence-corrected chi connectivity index (χ0v) is 17.6. The molecule has 0 aliphatic rings. The first kappa shape index (κ1) is 19.9. The van der Waals surface area contributed by atoms with Crippen LogP contribution in [0.15, 0.2) is 60.7 Å². The van der Waals surface area contributed by atoms with Gasteiger partial charge in [0.2, 0.25) is 0 Å². The fourth-order valence-electron chi connectivity index (χ4n) is 4.27. The van der Waals surface area contributed by atoms with Crippen molar-refractivity contribution in [2.45, 2.75) is 25.7 Å². The van der Waals surface area contributed by atoms with Crippen LogP contribution in [-0.2, 0) is 0 Å². The number of hydrogen-bond donors (Lipinski definition) is 2. The third kappa shape index (κ3) is 3.09. The van der Waals surface area contributed by atoms with Crippen LogP contribution in [-0.4, -0.2) is 24.4 Å². The summed E-state index contributed by atoms with van der Waals surface area (Å²) in [7, 11) is 3.27. The van der Waals surface area contributed by atoms with E-state index in [1.54, 1.807) is 14.2 Å². The zero-order valence-electron chi connectivity index (χ0n) is 17.6. The molecule has 30 heavy (non-hydrogen) atoms. The Labute approximate surface area is 176 Å². The minimum absolute atomic E-state index is 0.0831. The molecule has 0 radical (unpaired) electrons. The average molecular weight is 402 g/mol. The Morgan fingerprint density at radius 3 is 1.27 bits per heavy atom. The fraction of sp³-hybridized carbons (Fsp3) is 0.231. The van der Waals surface area contributed by atoms with E-state index < -0.39 is 0 Å². The molecule has 0 fully saturated rings. The minimum atomic E-state index is -0.0831. The predicted molar refractivity (Wildman–Crippen MR) is 121 cm³/mol. The summed E-state index contributed by atoms with van der Waals surface area (Å²) >= 11 is 0. The molecule has 0 aromatic heterocycles. The highest BCUT2D eigenvalue weighted by Crippen LogP contribution is 2.47. The summed E-state index contributed by atoms with van der Waals surface area (Å²) < 4.78 is 11.2. The summed E-state index contributed by atoms with van der Waals surface area (Å²) in [6, 6.07) is 19.1. The number of fused-ring (bicyclic) bond motifs is 2. The standard InChI is InChI=1S/C26H26O4/c1-15(21-13-23(29-3)17-9-5-7-11-19(17)25(21)27)16(2)22-14-24(30-4)18-10-6-8-12-20(18)26(22)28/h5-16,27-28H,1-4H3. The molecular formula is C26H26O4. The number of methoxy groups -OCH3 is 2. The van der Waals surface area contributed by atoms with Gasteiger partial charge in [-0.2, -0.15) is 0 Å².